The fourth-order valence-corrected chi connectivity index (χ4v) is 1.42. The second kappa shape index (κ2) is 6.25. The van der Waals surface area contributed by atoms with E-state index in [4.69, 9.17) is 11.6 Å². The molecule has 0 unspecified atom stereocenters. The van der Waals surface area contributed by atoms with Crippen LogP contribution in [0.15, 0.2) is 24.3 Å². The molecule has 0 bridgehead atoms. The number of nitro groups is 1. The van der Waals surface area contributed by atoms with Crippen LogP contribution < -0.4 is 5.32 Å². The van der Waals surface area contributed by atoms with E-state index in [9.17, 15) is 10.1 Å². The van der Waals surface area contributed by atoms with Crippen molar-refractivity contribution in [2.75, 3.05) is 13.1 Å². The molecule has 0 saturated heterocycles. The van der Waals surface area contributed by atoms with Crippen LogP contribution in [-0.4, -0.2) is 18.0 Å². The van der Waals surface area contributed by atoms with Gasteiger partial charge in [0.2, 0.25) is 0 Å². The number of benzene rings is 1. The first-order valence-electron chi connectivity index (χ1n) is 4.96. The molecule has 1 aromatic carbocycles. The Kier molecular flexibility index (Phi) is 4.95. The Hall–Kier alpha value is -1.39. The maximum absolute atomic E-state index is 10.7. The zero-order valence-corrected chi connectivity index (χ0v) is 9.70. The molecule has 0 atom stereocenters. The van der Waals surface area contributed by atoms with Gasteiger partial charge in [0.05, 0.1) is 10.5 Å². The summed E-state index contributed by atoms with van der Waals surface area (Å²) in [6.07, 6.45) is 3.54. The zero-order chi connectivity index (χ0) is 12.0. The van der Waals surface area contributed by atoms with Crippen molar-refractivity contribution in [1.82, 2.24) is 5.32 Å². The molecule has 16 heavy (non-hydrogen) atoms. The molecule has 0 aliphatic rings. The number of hydrogen-bond acceptors (Lipinski definition) is 3. The van der Waals surface area contributed by atoms with E-state index in [-0.39, 0.29) is 5.69 Å². The highest BCUT2D eigenvalue weighted by atomic mass is 35.5. The third-order valence-electron chi connectivity index (χ3n) is 2.00. The van der Waals surface area contributed by atoms with Crippen molar-refractivity contribution in [2.45, 2.75) is 6.92 Å². The SMILES string of the molecule is CCNC/C=C/c1cc(Cl)ccc1[N+](=O)[O-]. The van der Waals surface area contributed by atoms with Crippen LogP contribution in [0.3, 0.4) is 0 Å². The largest absolute Gasteiger partial charge is 0.314 e. The fraction of sp³-hybridized carbons (Fsp3) is 0.273. The van der Waals surface area contributed by atoms with E-state index in [0.717, 1.165) is 6.54 Å². The number of nitro benzene ring substituents is 1. The molecular formula is C11H13ClN2O2. The van der Waals surface area contributed by atoms with Gasteiger partial charge in [-0.15, -0.1) is 0 Å². The molecule has 0 aliphatic carbocycles. The molecule has 86 valence electrons. The second-order valence-electron chi connectivity index (χ2n) is 3.17. The van der Waals surface area contributed by atoms with Gasteiger partial charge in [-0.05, 0) is 18.7 Å². The van der Waals surface area contributed by atoms with Crippen LogP contribution in [0.25, 0.3) is 6.08 Å². The number of nitrogens with one attached hydrogen (secondary N) is 1. The Morgan fingerprint density at radius 1 is 1.56 bits per heavy atom. The summed E-state index contributed by atoms with van der Waals surface area (Å²) in [5, 5.41) is 14.3. The zero-order valence-electron chi connectivity index (χ0n) is 8.94. The summed E-state index contributed by atoms with van der Waals surface area (Å²) >= 11 is 5.79. The molecule has 0 aliphatic heterocycles. The summed E-state index contributed by atoms with van der Waals surface area (Å²) in [7, 11) is 0. The van der Waals surface area contributed by atoms with Crippen LogP contribution in [0.2, 0.25) is 5.02 Å². The van der Waals surface area contributed by atoms with Gasteiger partial charge in [0.15, 0.2) is 0 Å². The lowest BCUT2D eigenvalue weighted by Crippen LogP contribution is -2.11. The lowest BCUT2D eigenvalue weighted by atomic mass is 10.1. The first-order valence-corrected chi connectivity index (χ1v) is 5.34. The summed E-state index contributed by atoms with van der Waals surface area (Å²) in [6.45, 7) is 3.54. The van der Waals surface area contributed by atoms with Crippen molar-refractivity contribution in [1.29, 1.82) is 0 Å². The van der Waals surface area contributed by atoms with E-state index in [1.165, 1.54) is 12.1 Å². The smallest absolute Gasteiger partial charge is 0.276 e. The van der Waals surface area contributed by atoms with Crippen LogP contribution in [0.5, 0.6) is 0 Å². The van der Waals surface area contributed by atoms with Gasteiger partial charge < -0.3 is 5.32 Å². The molecule has 0 radical (unpaired) electrons. The van der Waals surface area contributed by atoms with E-state index in [0.29, 0.717) is 17.1 Å². The van der Waals surface area contributed by atoms with E-state index >= 15 is 0 Å². The van der Waals surface area contributed by atoms with E-state index in [1.807, 2.05) is 13.0 Å². The van der Waals surface area contributed by atoms with Gasteiger partial charge in [-0.2, -0.15) is 0 Å². The quantitative estimate of drug-likeness (QED) is 0.489. The van der Waals surface area contributed by atoms with Crippen molar-refractivity contribution in [3.63, 3.8) is 0 Å². The number of likely N-dealkylation sites (N-methyl/N-ethyl adjacent to an activating group) is 1. The average Bonchev–Trinajstić information content (AvgIpc) is 2.24. The van der Waals surface area contributed by atoms with Gasteiger partial charge >= 0.3 is 0 Å². The van der Waals surface area contributed by atoms with E-state index in [1.54, 1.807) is 12.1 Å². The Morgan fingerprint density at radius 2 is 2.31 bits per heavy atom. The van der Waals surface area contributed by atoms with Crippen molar-refractivity contribution in [2.24, 2.45) is 0 Å². The number of rotatable bonds is 5. The minimum Gasteiger partial charge on any atom is -0.314 e. The molecule has 1 aromatic rings. The first-order chi connectivity index (χ1) is 7.65. The summed E-state index contributed by atoms with van der Waals surface area (Å²) in [6, 6.07) is 4.51. The lowest BCUT2D eigenvalue weighted by Gasteiger charge is -1.98. The molecule has 0 heterocycles. The molecule has 1 N–H and O–H groups in total. The maximum atomic E-state index is 10.7. The molecule has 0 spiro atoms. The molecule has 4 nitrogen and oxygen atoms in total. The van der Waals surface area contributed by atoms with Crippen LogP contribution in [0, 0.1) is 10.1 Å². The third-order valence-corrected chi connectivity index (χ3v) is 2.23. The van der Waals surface area contributed by atoms with E-state index in [2.05, 4.69) is 5.32 Å². The van der Waals surface area contributed by atoms with Crippen molar-refractivity contribution < 1.29 is 4.92 Å². The van der Waals surface area contributed by atoms with Crippen molar-refractivity contribution in [3.8, 4) is 0 Å². The summed E-state index contributed by atoms with van der Waals surface area (Å²) in [5.74, 6) is 0. The van der Waals surface area contributed by atoms with Crippen LogP contribution in [0.4, 0.5) is 5.69 Å². The Bertz CT molecular complexity index is 405. The minimum absolute atomic E-state index is 0.0668. The summed E-state index contributed by atoms with van der Waals surface area (Å²) in [5.41, 5.74) is 0.590. The maximum Gasteiger partial charge on any atom is 0.276 e. The van der Waals surface area contributed by atoms with Crippen LogP contribution >= 0.6 is 11.6 Å². The van der Waals surface area contributed by atoms with Gasteiger partial charge in [0.1, 0.15) is 0 Å². The Balaban J connectivity index is 2.88. The van der Waals surface area contributed by atoms with Crippen LogP contribution in [0.1, 0.15) is 12.5 Å². The number of nitrogens with zero attached hydrogens (tertiary/aromatic N) is 1. The Labute approximate surface area is 99.1 Å². The van der Waals surface area contributed by atoms with Gasteiger partial charge in [-0.1, -0.05) is 30.7 Å². The molecule has 5 heteroatoms. The average molecular weight is 241 g/mol. The van der Waals surface area contributed by atoms with Crippen molar-refractivity contribution in [3.05, 3.63) is 45.0 Å². The predicted molar refractivity (Wildman–Crippen MR) is 65.7 cm³/mol. The van der Waals surface area contributed by atoms with Gasteiger partial charge in [-0.3, -0.25) is 10.1 Å². The number of hydrogen-bond donors (Lipinski definition) is 1. The molecule has 0 saturated carbocycles. The molecular weight excluding hydrogens is 228 g/mol. The topological polar surface area (TPSA) is 55.2 Å². The monoisotopic (exact) mass is 240 g/mol. The Morgan fingerprint density at radius 3 is 2.94 bits per heavy atom. The minimum atomic E-state index is -0.413. The lowest BCUT2D eigenvalue weighted by molar-refractivity contribution is -0.385. The molecule has 0 fully saturated rings. The van der Waals surface area contributed by atoms with E-state index < -0.39 is 4.92 Å². The normalized spacial score (nSPS) is 10.9. The van der Waals surface area contributed by atoms with Crippen LogP contribution in [-0.2, 0) is 0 Å². The third kappa shape index (κ3) is 3.64. The van der Waals surface area contributed by atoms with Gasteiger partial charge in [0.25, 0.3) is 5.69 Å². The molecule has 0 amide bonds. The van der Waals surface area contributed by atoms with Gasteiger partial charge in [0, 0.05) is 17.6 Å². The van der Waals surface area contributed by atoms with Crippen molar-refractivity contribution >= 4 is 23.4 Å². The highest BCUT2D eigenvalue weighted by molar-refractivity contribution is 6.30. The fourth-order valence-electron chi connectivity index (χ4n) is 1.24. The molecule has 1 rings (SSSR count). The first kappa shape index (κ1) is 12.7. The summed E-state index contributed by atoms with van der Waals surface area (Å²) in [4.78, 5) is 10.3. The summed E-state index contributed by atoms with van der Waals surface area (Å²) < 4.78 is 0. The van der Waals surface area contributed by atoms with Gasteiger partial charge in [-0.25, -0.2) is 0 Å². The number of halogens is 1. The highest BCUT2D eigenvalue weighted by Gasteiger charge is 2.10. The highest BCUT2D eigenvalue weighted by Crippen LogP contribution is 2.23. The standard InChI is InChI=1S/C11H13ClN2O2/c1-2-13-7-3-4-9-8-10(12)5-6-11(9)14(15)16/h3-6,8,13H,2,7H2,1H3/b4-3+. The second-order valence-corrected chi connectivity index (χ2v) is 3.61. The molecule has 0 aromatic heterocycles. The predicted octanol–water partition coefficient (Wildman–Crippen LogP) is 2.87.